The van der Waals surface area contributed by atoms with Gasteiger partial charge in [-0.25, -0.2) is 9.97 Å². The van der Waals surface area contributed by atoms with E-state index in [0.29, 0.717) is 12.4 Å². The molecule has 1 fully saturated rings. The minimum Gasteiger partial charge on any atom is -0.353 e. The lowest BCUT2D eigenvalue weighted by Gasteiger charge is -2.34. The van der Waals surface area contributed by atoms with Gasteiger partial charge in [0.15, 0.2) is 11.5 Å². The monoisotopic (exact) mass is 342 g/mol. The van der Waals surface area contributed by atoms with Gasteiger partial charge in [0.2, 0.25) is 5.89 Å². The summed E-state index contributed by atoms with van der Waals surface area (Å²) in [7, 11) is 1.90. The van der Waals surface area contributed by atoms with Gasteiger partial charge < -0.3 is 9.42 Å². The second-order valence-corrected chi connectivity index (χ2v) is 6.32. The van der Waals surface area contributed by atoms with E-state index in [1.165, 1.54) is 0 Å². The Balaban J connectivity index is 1.40. The van der Waals surface area contributed by atoms with Crippen molar-refractivity contribution in [1.82, 2.24) is 34.8 Å². The van der Waals surface area contributed by atoms with E-state index in [4.69, 9.17) is 4.52 Å². The number of aromatic nitrogens is 6. The van der Waals surface area contributed by atoms with E-state index in [1.807, 2.05) is 13.2 Å². The van der Waals surface area contributed by atoms with Gasteiger partial charge in [-0.3, -0.25) is 9.58 Å². The average molecular weight is 342 g/mol. The summed E-state index contributed by atoms with van der Waals surface area (Å²) in [6, 6.07) is 0. The summed E-state index contributed by atoms with van der Waals surface area (Å²) in [5.41, 5.74) is 0.863. The minimum absolute atomic E-state index is 0.702. The van der Waals surface area contributed by atoms with Crippen LogP contribution in [0.5, 0.6) is 0 Å². The zero-order valence-corrected chi connectivity index (χ0v) is 14.6. The number of rotatable bonds is 5. The second-order valence-electron chi connectivity index (χ2n) is 6.32. The molecule has 1 aliphatic rings. The van der Waals surface area contributed by atoms with Crippen LogP contribution in [0.1, 0.15) is 25.1 Å². The maximum Gasteiger partial charge on any atom is 0.240 e. The van der Waals surface area contributed by atoms with Crippen LogP contribution in [-0.4, -0.2) is 61.0 Å². The van der Waals surface area contributed by atoms with Crippen molar-refractivity contribution >= 4 is 16.9 Å². The third kappa shape index (κ3) is 3.19. The van der Waals surface area contributed by atoms with E-state index >= 15 is 0 Å². The molecule has 0 amide bonds. The van der Waals surface area contributed by atoms with Crippen LogP contribution < -0.4 is 4.90 Å². The highest BCUT2D eigenvalue weighted by atomic mass is 16.5. The Morgan fingerprint density at radius 1 is 1.16 bits per heavy atom. The molecule has 1 saturated heterocycles. The minimum atomic E-state index is 0.702. The third-order valence-corrected chi connectivity index (χ3v) is 4.52. The fourth-order valence-corrected chi connectivity index (χ4v) is 3.19. The van der Waals surface area contributed by atoms with Crippen molar-refractivity contribution in [3.63, 3.8) is 0 Å². The molecule has 9 nitrogen and oxygen atoms in total. The molecule has 0 atom stereocenters. The van der Waals surface area contributed by atoms with Crippen molar-refractivity contribution in [1.29, 1.82) is 0 Å². The van der Waals surface area contributed by atoms with E-state index in [0.717, 1.165) is 61.7 Å². The molecule has 4 rings (SSSR count). The SMILES string of the molecule is CCCc1noc(CN2CCN(c3ncnc4c3cnn4C)CC2)n1. The number of hydrogen-bond acceptors (Lipinski definition) is 8. The maximum absolute atomic E-state index is 5.34. The lowest BCUT2D eigenvalue weighted by atomic mass is 10.2. The van der Waals surface area contributed by atoms with E-state index in [2.05, 4.69) is 41.9 Å². The van der Waals surface area contributed by atoms with Gasteiger partial charge in [0.25, 0.3) is 0 Å². The topological polar surface area (TPSA) is 89.0 Å². The molecule has 0 N–H and O–H groups in total. The molecule has 0 bridgehead atoms. The van der Waals surface area contributed by atoms with Crippen molar-refractivity contribution in [2.24, 2.45) is 7.05 Å². The Morgan fingerprint density at radius 3 is 2.80 bits per heavy atom. The van der Waals surface area contributed by atoms with Crippen molar-refractivity contribution < 1.29 is 4.52 Å². The van der Waals surface area contributed by atoms with Crippen LogP contribution in [0.15, 0.2) is 17.0 Å². The van der Waals surface area contributed by atoms with Crippen LogP contribution in [0.3, 0.4) is 0 Å². The predicted octanol–water partition coefficient (Wildman–Crippen LogP) is 1.02. The fraction of sp³-hybridized carbons (Fsp3) is 0.562. The highest BCUT2D eigenvalue weighted by Gasteiger charge is 2.22. The summed E-state index contributed by atoms with van der Waals surface area (Å²) in [5.74, 6) is 2.46. The van der Waals surface area contributed by atoms with Crippen LogP contribution in [0.4, 0.5) is 5.82 Å². The molecule has 0 spiro atoms. The van der Waals surface area contributed by atoms with Gasteiger partial charge >= 0.3 is 0 Å². The van der Waals surface area contributed by atoms with Gasteiger partial charge in [-0.2, -0.15) is 10.1 Å². The fourth-order valence-electron chi connectivity index (χ4n) is 3.19. The number of hydrogen-bond donors (Lipinski definition) is 0. The van der Waals surface area contributed by atoms with Gasteiger partial charge in [-0.15, -0.1) is 0 Å². The van der Waals surface area contributed by atoms with Crippen molar-refractivity contribution in [2.75, 3.05) is 31.1 Å². The molecule has 1 aliphatic heterocycles. The van der Waals surface area contributed by atoms with Crippen LogP contribution in [0, 0.1) is 0 Å². The van der Waals surface area contributed by atoms with Crippen molar-refractivity contribution in [2.45, 2.75) is 26.3 Å². The number of fused-ring (bicyclic) bond motifs is 1. The molecule has 9 heteroatoms. The van der Waals surface area contributed by atoms with Gasteiger partial charge in [0.1, 0.15) is 12.1 Å². The van der Waals surface area contributed by atoms with Crippen LogP contribution >= 0.6 is 0 Å². The number of nitrogens with zero attached hydrogens (tertiary/aromatic N) is 8. The summed E-state index contributed by atoms with van der Waals surface area (Å²) in [6.07, 6.45) is 5.34. The lowest BCUT2D eigenvalue weighted by molar-refractivity contribution is 0.215. The molecular weight excluding hydrogens is 320 g/mol. The highest BCUT2D eigenvalue weighted by molar-refractivity contribution is 5.86. The molecule has 132 valence electrons. The summed E-state index contributed by atoms with van der Waals surface area (Å²) >= 11 is 0. The number of aryl methyl sites for hydroxylation is 2. The van der Waals surface area contributed by atoms with Crippen molar-refractivity contribution in [3.05, 3.63) is 24.2 Å². The van der Waals surface area contributed by atoms with Gasteiger partial charge in [-0.1, -0.05) is 12.1 Å². The average Bonchev–Trinajstić information content (AvgIpc) is 3.23. The first-order valence-electron chi connectivity index (χ1n) is 8.66. The molecule has 0 aromatic carbocycles. The predicted molar refractivity (Wildman–Crippen MR) is 92.1 cm³/mol. The second kappa shape index (κ2) is 6.75. The maximum atomic E-state index is 5.34. The third-order valence-electron chi connectivity index (χ3n) is 4.52. The van der Waals surface area contributed by atoms with E-state index in [9.17, 15) is 0 Å². The van der Waals surface area contributed by atoms with E-state index < -0.39 is 0 Å². The summed E-state index contributed by atoms with van der Waals surface area (Å²) < 4.78 is 7.12. The van der Waals surface area contributed by atoms with Gasteiger partial charge in [-0.05, 0) is 6.42 Å². The van der Waals surface area contributed by atoms with Gasteiger partial charge in [0, 0.05) is 39.6 Å². The van der Waals surface area contributed by atoms with Crippen LogP contribution in [0.2, 0.25) is 0 Å². The molecule has 0 radical (unpaired) electrons. The zero-order chi connectivity index (χ0) is 17.2. The molecule has 0 aliphatic carbocycles. The van der Waals surface area contributed by atoms with Gasteiger partial charge in [0.05, 0.1) is 18.1 Å². The number of piperazine rings is 1. The summed E-state index contributed by atoms with van der Waals surface area (Å²) in [6.45, 7) is 6.47. The molecule has 0 saturated carbocycles. The van der Waals surface area contributed by atoms with E-state index in [1.54, 1.807) is 11.0 Å². The lowest BCUT2D eigenvalue weighted by Crippen LogP contribution is -2.46. The standard InChI is InChI=1S/C16H22N8O/c1-3-4-13-20-14(25-21-13)10-23-5-7-24(8-6-23)16-12-9-19-22(2)15(12)17-11-18-16/h9,11H,3-8,10H2,1-2H3. The molecule has 3 aromatic heterocycles. The zero-order valence-electron chi connectivity index (χ0n) is 14.6. The Kier molecular flexibility index (Phi) is 4.31. The first-order valence-corrected chi connectivity index (χ1v) is 8.66. The Hall–Kier alpha value is -2.55. The summed E-state index contributed by atoms with van der Waals surface area (Å²) in [5, 5.41) is 9.31. The first-order chi connectivity index (χ1) is 12.2. The largest absolute Gasteiger partial charge is 0.353 e. The Labute approximate surface area is 145 Å². The quantitative estimate of drug-likeness (QED) is 0.679. The van der Waals surface area contributed by atoms with Crippen molar-refractivity contribution in [3.8, 4) is 0 Å². The molecular formula is C16H22N8O. The molecule has 3 aromatic rings. The smallest absolute Gasteiger partial charge is 0.240 e. The van der Waals surface area contributed by atoms with E-state index in [-0.39, 0.29) is 0 Å². The first kappa shape index (κ1) is 15.9. The highest BCUT2D eigenvalue weighted by Crippen LogP contribution is 2.23. The molecule has 0 unspecified atom stereocenters. The van der Waals surface area contributed by atoms with Crippen LogP contribution in [-0.2, 0) is 20.0 Å². The summed E-state index contributed by atoms with van der Waals surface area (Å²) in [4.78, 5) is 17.9. The number of anilines is 1. The molecule has 25 heavy (non-hydrogen) atoms. The van der Waals surface area contributed by atoms with Crippen LogP contribution in [0.25, 0.3) is 11.0 Å². The Morgan fingerprint density at radius 2 is 2.00 bits per heavy atom. The Bertz CT molecular complexity index is 849. The normalized spacial score (nSPS) is 16.0. The molecule has 4 heterocycles.